The van der Waals surface area contributed by atoms with Crippen LogP contribution in [0.15, 0.2) is 6.33 Å². The molecule has 1 N–H and O–H groups in total. The molecule has 2 rings (SSSR count). The first-order chi connectivity index (χ1) is 6.61. The van der Waals surface area contributed by atoms with Gasteiger partial charge in [-0.25, -0.2) is 9.67 Å². The lowest BCUT2D eigenvalue weighted by atomic mass is 9.78. The first-order valence-corrected chi connectivity index (χ1v) is 5.21. The van der Waals surface area contributed by atoms with Crippen molar-refractivity contribution in [2.75, 3.05) is 0 Å². The van der Waals surface area contributed by atoms with Crippen molar-refractivity contribution in [3.63, 3.8) is 0 Å². The molecule has 14 heavy (non-hydrogen) atoms. The van der Waals surface area contributed by atoms with Gasteiger partial charge in [-0.05, 0) is 33.1 Å². The Morgan fingerprint density at radius 3 is 2.79 bits per heavy atom. The van der Waals surface area contributed by atoms with Crippen molar-refractivity contribution >= 4 is 0 Å². The lowest BCUT2D eigenvalue weighted by Gasteiger charge is -2.36. The number of aromatic nitrogens is 3. The molecule has 0 saturated heterocycles. The molecule has 0 spiro atoms. The molecule has 4 nitrogen and oxygen atoms in total. The van der Waals surface area contributed by atoms with E-state index in [9.17, 15) is 5.11 Å². The van der Waals surface area contributed by atoms with Crippen LogP contribution in [0.2, 0.25) is 0 Å². The average molecular weight is 195 g/mol. The minimum atomic E-state index is -0.500. The lowest BCUT2D eigenvalue weighted by Crippen LogP contribution is -2.40. The fourth-order valence-corrected chi connectivity index (χ4v) is 1.89. The van der Waals surface area contributed by atoms with Crippen LogP contribution in [0.3, 0.4) is 0 Å². The van der Waals surface area contributed by atoms with Crippen LogP contribution >= 0.6 is 0 Å². The van der Waals surface area contributed by atoms with E-state index in [1.54, 1.807) is 6.33 Å². The van der Waals surface area contributed by atoms with E-state index >= 15 is 0 Å². The van der Waals surface area contributed by atoms with Gasteiger partial charge >= 0.3 is 0 Å². The van der Waals surface area contributed by atoms with Crippen LogP contribution in [0, 0.1) is 0 Å². The smallest absolute Gasteiger partial charge is 0.138 e. The van der Waals surface area contributed by atoms with E-state index in [1.807, 2.05) is 4.68 Å². The van der Waals surface area contributed by atoms with Gasteiger partial charge in [0.05, 0.1) is 5.60 Å². The third-order valence-corrected chi connectivity index (χ3v) is 2.91. The van der Waals surface area contributed by atoms with Crippen LogP contribution < -0.4 is 0 Å². The molecule has 0 amide bonds. The minimum Gasteiger partial charge on any atom is -0.389 e. The Balaban J connectivity index is 2.12. The standard InChI is InChI=1S/C10H17N3O/c1-8(2)13-9(11-7-12-13)6-10(14)4-3-5-10/h7-8,14H,3-6H2,1-2H3. The van der Waals surface area contributed by atoms with Crippen LogP contribution in [-0.4, -0.2) is 25.5 Å². The van der Waals surface area contributed by atoms with Crippen LogP contribution in [0.1, 0.15) is 45.0 Å². The second-order valence-electron chi connectivity index (χ2n) is 4.47. The van der Waals surface area contributed by atoms with Gasteiger partial charge < -0.3 is 5.11 Å². The third-order valence-electron chi connectivity index (χ3n) is 2.91. The van der Waals surface area contributed by atoms with Gasteiger partial charge in [0.2, 0.25) is 0 Å². The predicted octanol–water partition coefficient (Wildman–Crippen LogP) is 1.32. The van der Waals surface area contributed by atoms with Crippen molar-refractivity contribution < 1.29 is 5.11 Å². The number of hydrogen-bond donors (Lipinski definition) is 1. The van der Waals surface area contributed by atoms with Gasteiger partial charge in [0.25, 0.3) is 0 Å². The van der Waals surface area contributed by atoms with Gasteiger partial charge in [-0.1, -0.05) is 0 Å². The zero-order valence-corrected chi connectivity index (χ0v) is 8.77. The second-order valence-corrected chi connectivity index (χ2v) is 4.47. The van der Waals surface area contributed by atoms with E-state index in [2.05, 4.69) is 23.9 Å². The molecule has 78 valence electrons. The molecule has 1 fully saturated rings. The maximum absolute atomic E-state index is 10.0. The molecule has 1 aromatic rings. The van der Waals surface area contributed by atoms with Gasteiger partial charge in [-0.3, -0.25) is 0 Å². The fourth-order valence-electron chi connectivity index (χ4n) is 1.89. The number of rotatable bonds is 3. The van der Waals surface area contributed by atoms with Crippen LogP contribution in [0.4, 0.5) is 0 Å². The second kappa shape index (κ2) is 3.35. The molecule has 1 heterocycles. The first kappa shape index (κ1) is 9.65. The van der Waals surface area contributed by atoms with E-state index in [1.165, 1.54) is 0 Å². The van der Waals surface area contributed by atoms with Crippen LogP contribution in [-0.2, 0) is 6.42 Å². The normalized spacial score (nSPS) is 19.7. The Morgan fingerprint density at radius 1 is 1.57 bits per heavy atom. The molecule has 1 aliphatic rings. The molecule has 0 aromatic carbocycles. The summed E-state index contributed by atoms with van der Waals surface area (Å²) in [5.41, 5.74) is -0.500. The summed E-state index contributed by atoms with van der Waals surface area (Å²) >= 11 is 0. The van der Waals surface area contributed by atoms with E-state index in [-0.39, 0.29) is 0 Å². The zero-order chi connectivity index (χ0) is 10.2. The molecule has 4 heteroatoms. The fraction of sp³-hybridized carbons (Fsp3) is 0.800. The number of nitrogens with zero attached hydrogens (tertiary/aromatic N) is 3. The van der Waals surface area contributed by atoms with E-state index in [0.717, 1.165) is 25.1 Å². The van der Waals surface area contributed by atoms with Crippen LogP contribution in [0.5, 0.6) is 0 Å². The first-order valence-electron chi connectivity index (χ1n) is 5.21. The molecule has 0 atom stereocenters. The van der Waals surface area contributed by atoms with Gasteiger partial charge in [0, 0.05) is 12.5 Å². The van der Waals surface area contributed by atoms with Crippen LogP contribution in [0.25, 0.3) is 0 Å². The molecule has 1 aliphatic carbocycles. The lowest BCUT2D eigenvalue weighted by molar-refractivity contribution is -0.0348. The Hall–Kier alpha value is -0.900. The van der Waals surface area contributed by atoms with E-state index in [0.29, 0.717) is 12.5 Å². The Labute approximate surface area is 84.0 Å². The third kappa shape index (κ3) is 1.66. The maximum atomic E-state index is 10.0. The zero-order valence-electron chi connectivity index (χ0n) is 8.77. The monoisotopic (exact) mass is 195 g/mol. The summed E-state index contributed by atoms with van der Waals surface area (Å²) in [5.74, 6) is 0.905. The Kier molecular flexibility index (Phi) is 2.31. The molecule has 0 aliphatic heterocycles. The summed E-state index contributed by atoms with van der Waals surface area (Å²) in [4.78, 5) is 4.20. The highest BCUT2D eigenvalue weighted by Gasteiger charge is 2.36. The van der Waals surface area contributed by atoms with Crippen molar-refractivity contribution in [2.45, 2.75) is 51.2 Å². The van der Waals surface area contributed by atoms with Gasteiger partial charge in [0.15, 0.2) is 0 Å². The molecule has 0 unspecified atom stereocenters. The predicted molar refractivity (Wildman–Crippen MR) is 52.9 cm³/mol. The maximum Gasteiger partial charge on any atom is 0.138 e. The SMILES string of the molecule is CC(C)n1ncnc1CC1(O)CCC1. The summed E-state index contributed by atoms with van der Waals surface area (Å²) < 4.78 is 1.89. The van der Waals surface area contributed by atoms with Gasteiger partial charge in [0.1, 0.15) is 12.2 Å². The van der Waals surface area contributed by atoms with Crippen molar-refractivity contribution in [1.29, 1.82) is 0 Å². The molecular formula is C10H17N3O. The highest BCUT2D eigenvalue weighted by atomic mass is 16.3. The van der Waals surface area contributed by atoms with Crippen molar-refractivity contribution in [3.05, 3.63) is 12.2 Å². The Bertz CT molecular complexity index is 315. The molecular weight excluding hydrogens is 178 g/mol. The number of hydrogen-bond acceptors (Lipinski definition) is 3. The Morgan fingerprint density at radius 2 is 2.29 bits per heavy atom. The van der Waals surface area contributed by atoms with Gasteiger partial charge in [-0.2, -0.15) is 5.10 Å². The summed E-state index contributed by atoms with van der Waals surface area (Å²) in [6.45, 7) is 4.14. The number of aliphatic hydroxyl groups is 1. The van der Waals surface area contributed by atoms with E-state index in [4.69, 9.17) is 0 Å². The largest absolute Gasteiger partial charge is 0.389 e. The molecule has 1 saturated carbocycles. The highest BCUT2D eigenvalue weighted by molar-refractivity contribution is 4.99. The van der Waals surface area contributed by atoms with Crippen molar-refractivity contribution in [1.82, 2.24) is 14.8 Å². The topological polar surface area (TPSA) is 50.9 Å². The summed E-state index contributed by atoms with van der Waals surface area (Å²) in [7, 11) is 0. The summed E-state index contributed by atoms with van der Waals surface area (Å²) in [6.07, 6.45) is 5.14. The summed E-state index contributed by atoms with van der Waals surface area (Å²) in [5, 5.41) is 14.2. The molecule has 0 radical (unpaired) electrons. The molecule has 1 aromatic heterocycles. The highest BCUT2D eigenvalue weighted by Crippen LogP contribution is 2.34. The minimum absolute atomic E-state index is 0.316. The summed E-state index contributed by atoms with van der Waals surface area (Å²) in [6, 6.07) is 0.316. The molecule has 0 bridgehead atoms. The van der Waals surface area contributed by atoms with E-state index < -0.39 is 5.60 Å². The quantitative estimate of drug-likeness (QED) is 0.791. The van der Waals surface area contributed by atoms with Gasteiger partial charge in [-0.15, -0.1) is 0 Å². The van der Waals surface area contributed by atoms with Crippen molar-refractivity contribution in [2.24, 2.45) is 0 Å². The van der Waals surface area contributed by atoms with Crippen molar-refractivity contribution in [3.8, 4) is 0 Å². The average Bonchev–Trinajstić information content (AvgIpc) is 2.49.